The molecule has 2 amide bonds. The first-order valence-corrected chi connectivity index (χ1v) is 11.7. The van der Waals surface area contributed by atoms with E-state index in [1.807, 2.05) is 6.07 Å². The van der Waals surface area contributed by atoms with Crippen molar-refractivity contribution in [2.75, 3.05) is 6.54 Å². The number of nitriles is 1. The van der Waals surface area contributed by atoms with Crippen LogP contribution in [0.1, 0.15) is 28.4 Å². The smallest absolute Gasteiger partial charge is 0.356 e. The number of carbonyl (C=O) groups excluding carboxylic acids is 3. The van der Waals surface area contributed by atoms with Gasteiger partial charge in [0.2, 0.25) is 5.91 Å². The highest BCUT2D eigenvalue weighted by Crippen LogP contribution is 2.54. The van der Waals surface area contributed by atoms with Crippen LogP contribution in [0.5, 0.6) is 0 Å². The average molecular weight is 509 g/mol. The molecule has 0 aliphatic carbocycles. The van der Waals surface area contributed by atoms with E-state index < -0.39 is 40.1 Å². The number of hydrogen-bond acceptors (Lipinski definition) is 9. The lowest BCUT2D eigenvalue weighted by Crippen LogP contribution is -2.60. The van der Waals surface area contributed by atoms with Gasteiger partial charge in [0.1, 0.15) is 24.2 Å². The number of esters is 1. The van der Waals surface area contributed by atoms with Crippen LogP contribution < -0.4 is 5.32 Å². The number of fused-ring (bicyclic) bond motifs is 1. The minimum atomic E-state index is -0.908. The van der Waals surface area contributed by atoms with E-state index in [4.69, 9.17) is 10.00 Å². The minimum Gasteiger partial charge on any atom is -0.456 e. The summed E-state index contributed by atoms with van der Waals surface area (Å²) < 4.78 is 5.44. The number of hydrogen-bond donors (Lipinski definition) is 2. The van der Waals surface area contributed by atoms with Gasteiger partial charge in [-0.05, 0) is 42.3 Å². The standard InChI is InChI=1S/C24H20N4O7S/c1-13(29)18-22(31)27-19(24(32)35-12-14-2-8-17(9-3-14)28(33)34)20(36-23(18)27)15-4-6-16(7-5-15)21(30)26-11-10-25/h2-9,13,18,23,29H,11-12H2,1H3,(H,26,30)/t13-,18+,23-/m1/s1. The van der Waals surface area contributed by atoms with E-state index in [1.54, 1.807) is 24.3 Å². The summed E-state index contributed by atoms with van der Waals surface area (Å²) in [6.45, 7) is 1.22. The van der Waals surface area contributed by atoms with Crippen LogP contribution in [0.4, 0.5) is 5.69 Å². The number of benzene rings is 2. The molecule has 4 rings (SSSR count). The molecule has 0 bridgehead atoms. The lowest BCUT2D eigenvalue weighted by atomic mass is 9.92. The molecule has 36 heavy (non-hydrogen) atoms. The van der Waals surface area contributed by atoms with Gasteiger partial charge in [0.05, 0.1) is 23.0 Å². The van der Waals surface area contributed by atoms with Gasteiger partial charge < -0.3 is 15.2 Å². The maximum atomic E-state index is 13.1. The Bertz CT molecular complexity index is 1300. The number of thioether (sulfide) groups is 1. The summed E-state index contributed by atoms with van der Waals surface area (Å²) in [6, 6.07) is 13.7. The number of aliphatic hydroxyl groups is 1. The molecule has 0 unspecified atom stereocenters. The zero-order valence-electron chi connectivity index (χ0n) is 18.9. The van der Waals surface area contributed by atoms with Crippen LogP contribution in [-0.2, 0) is 20.9 Å². The number of ether oxygens (including phenoxy) is 1. The van der Waals surface area contributed by atoms with Crippen molar-refractivity contribution >= 4 is 40.1 Å². The molecule has 0 spiro atoms. The monoisotopic (exact) mass is 508 g/mol. The Labute approximate surface area is 209 Å². The van der Waals surface area contributed by atoms with Crippen molar-refractivity contribution in [3.05, 3.63) is 81.0 Å². The number of amides is 2. The van der Waals surface area contributed by atoms with Crippen molar-refractivity contribution in [3.8, 4) is 6.07 Å². The predicted octanol–water partition coefficient (Wildman–Crippen LogP) is 2.17. The number of nitrogens with zero attached hydrogens (tertiary/aromatic N) is 3. The van der Waals surface area contributed by atoms with Crippen molar-refractivity contribution in [2.24, 2.45) is 5.92 Å². The summed E-state index contributed by atoms with van der Waals surface area (Å²) in [6.07, 6.45) is -0.908. The topological polar surface area (TPSA) is 163 Å². The highest BCUT2D eigenvalue weighted by atomic mass is 32.2. The molecule has 2 aromatic carbocycles. The van der Waals surface area contributed by atoms with E-state index >= 15 is 0 Å². The summed E-state index contributed by atoms with van der Waals surface area (Å²) >= 11 is 1.25. The van der Waals surface area contributed by atoms with Gasteiger partial charge in [0, 0.05) is 22.6 Å². The van der Waals surface area contributed by atoms with E-state index in [9.17, 15) is 29.6 Å². The molecule has 0 radical (unpaired) electrons. The molecule has 11 nitrogen and oxygen atoms in total. The van der Waals surface area contributed by atoms with Crippen molar-refractivity contribution < 1.29 is 29.2 Å². The molecule has 184 valence electrons. The zero-order chi connectivity index (χ0) is 26.0. The van der Waals surface area contributed by atoms with E-state index in [0.29, 0.717) is 21.6 Å². The summed E-state index contributed by atoms with van der Waals surface area (Å²) in [5.74, 6) is -2.26. The van der Waals surface area contributed by atoms with Gasteiger partial charge in [-0.15, -0.1) is 0 Å². The quantitative estimate of drug-likeness (QED) is 0.179. The van der Waals surface area contributed by atoms with Crippen molar-refractivity contribution in [3.63, 3.8) is 0 Å². The van der Waals surface area contributed by atoms with Crippen LogP contribution in [0.3, 0.4) is 0 Å². The van der Waals surface area contributed by atoms with Gasteiger partial charge in [-0.2, -0.15) is 5.26 Å². The molecule has 0 aromatic heterocycles. The molecule has 2 aliphatic heterocycles. The first kappa shape index (κ1) is 24.9. The summed E-state index contributed by atoms with van der Waals surface area (Å²) in [7, 11) is 0. The number of rotatable bonds is 8. The Balaban J connectivity index is 1.59. The fourth-order valence-electron chi connectivity index (χ4n) is 3.90. The van der Waals surface area contributed by atoms with E-state index in [2.05, 4.69) is 5.32 Å². The second-order valence-corrected chi connectivity index (χ2v) is 9.21. The number of carbonyl (C=O) groups is 3. The third kappa shape index (κ3) is 4.66. The van der Waals surface area contributed by atoms with Crippen LogP contribution in [0.2, 0.25) is 0 Å². The van der Waals surface area contributed by atoms with Crippen LogP contribution in [0.15, 0.2) is 54.2 Å². The Morgan fingerprint density at radius 3 is 2.50 bits per heavy atom. The number of nitro groups is 1. The molecule has 2 N–H and O–H groups in total. The SMILES string of the molecule is C[C@@H](O)[C@H]1C(=O)N2C(C(=O)OCc3ccc([N+](=O)[O-])cc3)=C(c3ccc(C(=O)NCC#N)cc3)S[C@H]12. The van der Waals surface area contributed by atoms with Crippen molar-refractivity contribution in [1.82, 2.24) is 10.2 Å². The average Bonchev–Trinajstić information content (AvgIpc) is 3.20. The molecule has 2 aromatic rings. The summed E-state index contributed by atoms with van der Waals surface area (Å²) in [5.41, 5.74) is 1.37. The number of aliphatic hydroxyl groups excluding tert-OH is 1. The van der Waals surface area contributed by atoms with Crippen molar-refractivity contribution in [1.29, 1.82) is 5.26 Å². The molecule has 1 fully saturated rings. The van der Waals surface area contributed by atoms with Crippen LogP contribution in [0, 0.1) is 27.4 Å². The van der Waals surface area contributed by atoms with Gasteiger partial charge in [0.15, 0.2) is 0 Å². The molecule has 0 saturated carbocycles. The highest BCUT2D eigenvalue weighted by Gasteiger charge is 2.58. The number of non-ortho nitro benzene ring substituents is 1. The zero-order valence-corrected chi connectivity index (χ0v) is 19.7. The lowest BCUT2D eigenvalue weighted by Gasteiger charge is -2.43. The second kappa shape index (κ2) is 10.2. The molecule has 3 atom stereocenters. The normalized spacial score (nSPS) is 19.1. The van der Waals surface area contributed by atoms with Crippen LogP contribution >= 0.6 is 11.8 Å². The van der Waals surface area contributed by atoms with Crippen molar-refractivity contribution in [2.45, 2.75) is 25.0 Å². The molecule has 1 saturated heterocycles. The Hall–Kier alpha value is -4.21. The molecular weight excluding hydrogens is 488 g/mol. The molecule has 12 heteroatoms. The third-order valence-corrected chi connectivity index (χ3v) is 7.16. The van der Waals surface area contributed by atoms with Gasteiger partial charge in [0.25, 0.3) is 11.6 Å². The van der Waals surface area contributed by atoms with E-state index in [0.717, 1.165) is 0 Å². The Kier molecular flexibility index (Phi) is 7.05. The van der Waals surface area contributed by atoms with E-state index in [-0.39, 0.29) is 24.5 Å². The summed E-state index contributed by atoms with van der Waals surface area (Å²) in [4.78, 5) is 50.1. The Morgan fingerprint density at radius 1 is 1.25 bits per heavy atom. The first-order chi connectivity index (χ1) is 17.2. The van der Waals surface area contributed by atoms with Gasteiger partial charge in [-0.3, -0.25) is 24.6 Å². The predicted molar refractivity (Wildman–Crippen MR) is 128 cm³/mol. The number of nitro benzene ring substituents is 1. The van der Waals surface area contributed by atoms with Crippen LogP contribution in [0.25, 0.3) is 4.91 Å². The summed E-state index contributed by atoms with van der Waals surface area (Å²) in [5, 5.41) is 31.5. The number of nitrogens with one attached hydrogen (secondary N) is 1. The van der Waals surface area contributed by atoms with Gasteiger partial charge >= 0.3 is 5.97 Å². The fourth-order valence-corrected chi connectivity index (χ4v) is 5.51. The van der Waals surface area contributed by atoms with Gasteiger partial charge in [-0.1, -0.05) is 23.9 Å². The lowest BCUT2D eigenvalue weighted by molar-refractivity contribution is -0.384. The largest absolute Gasteiger partial charge is 0.456 e. The minimum absolute atomic E-state index is 0.0375. The number of β-lactam (4-membered cyclic amide) rings is 1. The maximum Gasteiger partial charge on any atom is 0.356 e. The third-order valence-electron chi connectivity index (χ3n) is 5.75. The second-order valence-electron chi connectivity index (χ2n) is 8.08. The fraction of sp³-hybridized carbons (Fsp3) is 0.250. The van der Waals surface area contributed by atoms with Crippen LogP contribution in [-0.4, -0.2) is 50.7 Å². The Morgan fingerprint density at radius 2 is 1.92 bits per heavy atom. The molecular formula is C24H20N4O7S. The first-order valence-electron chi connectivity index (χ1n) is 10.8. The molecule has 2 heterocycles. The molecule has 2 aliphatic rings. The van der Waals surface area contributed by atoms with Gasteiger partial charge in [-0.25, -0.2) is 4.79 Å². The van der Waals surface area contributed by atoms with E-state index in [1.165, 1.54) is 47.9 Å². The highest BCUT2D eigenvalue weighted by molar-refractivity contribution is 8.09. The maximum absolute atomic E-state index is 13.1.